The van der Waals surface area contributed by atoms with E-state index in [9.17, 15) is 23.4 Å². The first-order chi connectivity index (χ1) is 9.60. The SMILES string of the molecule is C=C(C)CS(=O)(=O)[C@@H]1O[C@H](CO)[C@H](O)C(O)[C@H]1NC(C)=O. The summed E-state index contributed by atoms with van der Waals surface area (Å²) in [7, 11) is -3.90. The van der Waals surface area contributed by atoms with E-state index in [-0.39, 0.29) is 0 Å². The fourth-order valence-corrected chi connectivity index (χ4v) is 4.04. The van der Waals surface area contributed by atoms with E-state index in [4.69, 9.17) is 9.84 Å². The van der Waals surface area contributed by atoms with E-state index in [2.05, 4.69) is 11.9 Å². The van der Waals surface area contributed by atoms with Crippen molar-refractivity contribution in [1.29, 1.82) is 0 Å². The van der Waals surface area contributed by atoms with Crippen LogP contribution in [0.4, 0.5) is 0 Å². The summed E-state index contributed by atoms with van der Waals surface area (Å²) in [6, 6.07) is -1.33. The van der Waals surface area contributed by atoms with Gasteiger partial charge in [0.15, 0.2) is 15.3 Å². The van der Waals surface area contributed by atoms with Crippen molar-refractivity contribution in [2.24, 2.45) is 0 Å². The van der Waals surface area contributed by atoms with Gasteiger partial charge < -0.3 is 25.4 Å². The highest BCUT2D eigenvalue weighted by Gasteiger charge is 2.49. The number of carbonyl (C=O) groups excluding carboxylic acids is 1. The van der Waals surface area contributed by atoms with E-state index in [1.54, 1.807) is 0 Å². The van der Waals surface area contributed by atoms with Crippen LogP contribution in [-0.4, -0.2) is 71.8 Å². The molecule has 0 aliphatic carbocycles. The predicted molar refractivity (Wildman–Crippen MR) is 74.0 cm³/mol. The van der Waals surface area contributed by atoms with Crippen LogP contribution in [0.5, 0.6) is 0 Å². The van der Waals surface area contributed by atoms with E-state index in [0.717, 1.165) is 6.92 Å². The molecule has 5 atom stereocenters. The van der Waals surface area contributed by atoms with Crippen molar-refractivity contribution in [2.45, 2.75) is 43.6 Å². The van der Waals surface area contributed by atoms with Crippen LogP contribution in [0.25, 0.3) is 0 Å². The highest BCUT2D eigenvalue weighted by Crippen LogP contribution is 2.26. The van der Waals surface area contributed by atoms with Crippen LogP contribution >= 0.6 is 0 Å². The van der Waals surface area contributed by atoms with E-state index >= 15 is 0 Å². The summed E-state index contributed by atoms with van der Waals surface area (Å²) in [4.78, 5) is 11.2. The fourth-order valence-electron chi connectivity index (χ4n) is 2.20. The molecule has 122 valence electrons. The minimum absolute atomic E-state index is 0.362. The Morgan fingerprint density at radius 1 is 1.29 bits per heavy atom. The van der Waals surface area contributed by atoms with Crippen molar-refractivity contribution in [2.75, 3.05) is 12.4 Å². The van der Waals surface area contributed by atoms with Crippen LogP contribution in [0.15, 0.2) is 12.2 Å². The molecule has 0 aromatic heterocycles. The average molecular weight is 323 g/mol. The molecule has 0 radical (unpaired) electrons. The first kappa shape index (κ1) is 18.1. The Morgan fingerprint density at radius 2 is 1.86 bits per heavy atom. The number of aliphatic hydroxyl groups excluding tert-OH is 3. The predicted octanol–water partition coefficient (Wildman–Crippen LogP) is -2.08. The molecule has 0 bridgehead atoms. The van der Waals surface area contributed by atoms with Crippen molar-refractivity contribution < 1.29 is 33.3 Å². The van der Waals surface area contributed by atoms with E-state index in [1.807, 2.05) is 0 Å². The third kappa shape index (κ3) is 4.24. The fraction of sp³-hybridized carbons (Fsp3) is 0.750. The summed E-state index contributed by atoms with van der Waals surface area (Å²) in [6.07, 6.45) is -4.34. The molecule has 8 nitrogen and oxygen atoms in total. The maximum Gasteiger partial charge on any atom is 0.217 e. The highest BCUT2D eigenvalue weighted by molar-refractivity contribution is 7.92. The van der Waals surface area contributed by atoms with Gasteiger partial charge in [0.1, 0.15) is 18.3 Å². The van der Waals surface area contributed by atoms with Crippen LogP contribution in [-0.2, 0) is 19.4 Å². The average Bonchev–Trinajstić information content (AvgIpc) is 2.33. The molecule has 1 aliphatic heterocycles. The summed E-state index contributed by atoms with van der Waals surface area (Å²) >= 11 is 0. The summed E-state index contributed by atoms with van der Waals surface area (Å²) in [5.41, 5.74) is -1.21. The van der Waals surface area contributed by atoms with E-state index in [1.165, 1.54) is 6.92 Å². The molecule has 9 heteroatoms. The van der Waals surface area contributed by atoms with Crippen molar-refractivity contribution in [1.82, 2.24) is 5.32 Å². The molecule has 0 aromatic rings. The summed E-state index contributed by atoms with van der Waals surface area (Å²) < 4.78 is 29.8. The second-order valence-corrected chi connectivity index (χ2v) is 7.28. The summed E-state index contributed by atoms with van der Waals surface area (Å²) in [5.74, 6) is -0.970. The number of amides is 1. The van der Waals surface area contributed by atoms with Gasteiger partial charge >= 0.3 is 0 Å². The number of hydrogen-bond acceptors (Lipinski definition) is 7. The van der Waals surface area contributed by atoms with Gasteiger partial charge in [-0.05, 0) is 6.92 Å². The zero-order chi connectivity index (χ0) is 16.4. The quantitative estimate of drug-likeness (QED) is 0.427. The maximum atomic E-state index is 12.3. The molecule has 1 fully saturated rings. The number of rotatable bonds is 5. The van der Waals surface area contributed by atoms with Crippen LogP contribution in [0.2, 0.25) is 0 Å². The van der Waals surface area contributed by atoms with Gasteiger partial charge in [0, 0.05) is 6.92 Å². The van der Waals surface area contributed by atoms with Crippen LogP contribution in [0, 0.1) is 0 Å². The lowest BCUT2D eigenvalue weighted by Gasteiger charge is -2.42. The summed E-state index contributed by atoms with van der Waals surface area (Å²) in [6.45, 7) is 5.52. The molecule has 1 unspecified atom stereocenters. The highest BCUT2D eigenvalue weighted by atomic mass is 32.2. The minimum Gasteiger partial charge on any atom is -0.394 e. The number of sulfone groups is 1. The molecule has 21 heavy (non-hydrogen) atoms. The smallest absolute Gasteiger partial charge is 0.217 e. The zero-order valence-corrected chi connectivity index (χ0v) is 12.7. The van der Waals surface area contributed by atoms with Crippen LogP contribution in [0.1, 0.15) is 13.8 Å². The van der Waals surface area contributed by atoms with Gasteiger partial charge in [-0.2, -0.15) is 0 Å². The van der Waals surface area contributed by atoms with Gasteiger partial charge in [0.2, 0.25) is 5.91 Å². The second kappa shape index (κ2) is 6.84. The third-order valence-corrected chi connectivity index (χ3v) is 5.06. The topological polar surface area (TPSA) is 133 Å². The molecular formula is C12H21NO7S. The van der Waals surface area contributed by atoms with Crippen LogP contribution < -0.4 is 5.32 Å². The monoisotopic (exact) mass is 323 g/mol. The molecule has 4 N–H and O–H groups in total. The van der Waals surface area contributed by atoms with Gasteiger partial charge in [-0.25, -0.2) is 8.42 Å². The third-order valence-electron chi connectivity index (χ3n) is 3.05. The van der Waals surface area contributed by atoms with E-state index < -0.39 is 57.9 Å². The van der Waals surface area contributed by atoms with Gasteiger partial charge in [0.25, 0.3) is 0 Å². The number of aliphatic hydroxyl groups is 3. The van der Waals surface area contributed by atoms with Crippen molar-refractivity contribution >= 4 is 15.7 Å². The Labute approximate surface area is 123 Å². The molecule has 1 rings (SSSR count). The van der Waals surface area contributed by atoms with Gasteiger partial charge in [-0.3, -0.25) is 4.79 Å². The van der Waals surface area contributed by atoms with Crippen LogP contribution in [0.3, 0.4) is 0 Å². The van der Waals surface area contributed by atoms with E-state index in [0.29, 0.717) is 5.57 Å². The summed E-state index contributed by atoms with van der Waals surface area (Å²) in [5, 5.41) is 31.2. The first-order valence-corrected chi connectivity index (χ1v) is 8.07. The normalized spacial score (nSPS) is 33.5. The Hall–Kier alpha value is -1.00. The lowest BCUT2D eigenvalue weighted by atomic mass is 9.98. The molecule has 1 saturated heterocycles. The van der Waals surface area contributed by atoms with Crippen molar-refractivity contribution in [3.63, 3.8) is 0 Å². The Balaban J connectivity index is 3.15. The number of carbonyl (C=O) groups is 1. The molecule has 0 aromatic carbocycles. The standard InChI is InChI=1S/C12H21NO7S/c1-6(2)5-21(18,19)12-9(13-7(3)15)11(17)10(16)8(4-14)20-12/h8-12,14,16-17H,1,4-5H2,2-3H3,(H,13,15)/t8-,9-,10+,11?,12+/m1/s1. The van der Waals surface area contributed by atoms with Gasteiger partial charge in [-0.1, -0.05) is 12.2 Å². The van der Waals surface area contributed by atoms with Crippen molar-refractivity contribution in [3.8, 4) is 0 Å². The number of nitrogens with one attached hydrogen (secondary N) is 1. The van der Waals surface area contributed by atoms with Gasteiger partial charge in [0.05, 0.1) is 18.4 Å². The zero-order valence-electron chi connectivity index (χ0n) is 11.9. The lowest BCUT2D eigenvalue weighted by Crippen LogP contribution is -2.65. The molecular weight excluding hydrogens is 302 g/mol. The molecule has 1 heterocycles. The molecule has 1 aliphatic rings. The molecule has 0 saturated carbocycles. The number of ether oxygens (including phenoxy) is 1. The largest absolute Gasteiger partial charge is 0.394 e. The Morgan fingerprint density at radius 3 is 2.29 bits per heavy atom. The molecule has 1 amide bonds. The number of hydrogen-bond donors (Lipinski definition) is 4. The first-order valence-electron chi connectivity index (χ1n) is 6.35. The Bertz CT molecular complexity index is 504. The van der Waals surface area contributed by atoms with Crippen molar-refractivity contribution in [3.05, 3.63) is 12.2 Å². The minimum atomic E-state index is -3.90. The molecule has 0 spiro atoms. The Kier molecular flexibility index (Phi) is 5.88. The lowest BCUT2D eigenvalue weighted by molar-refractivity contribution is -0.175. The van der Waals surface area contributed by atoms with Gasteiger partial charge in [-0.15, -0.1) is 0 Å². The second-order valence-electron chi connectivity index (χ2n) is 5.20. The maximum absolute atomic E-state index is 12.3.